The van der Waals surface area contributed by atoms with Crippen molar-refractivity contribution < 1.29 is 19.7 Å². The molecule has 1 heterocycles. The Morgan fingerprint density at radius 2 is 2.44 bits per heavy atom. The average Bonchev–Trinajstić information content (AvgIpc) is 2.25. The van der Waals surface area contributed by atoms with Gasteiger partial charge >= 0.3 is 0 Å². The second-order valence-corrected chi connectivity index (χ2v) is 3.05. The number of carbonyl (C=O) groups is 1. The molecule has 0 radical (unpaired) electrons. The van der Waals surface area contributed by atoms with E-state index < -0.39 is 6.10 Å². The quantitative estimate of drug-likeness (QED) is 0.606. The van der Waals surface area contributed by atoms with Crippen molar-refractivity contribution in [3.05, 3.63) is 12.3 Å². The predicted molar refractivity (Wildman–Crippen MR) is 54.9 cm³/mol. The van der Waals surface area contributed by atoms with Gasteiger partial charge < -0.3 is 14.9 Å². The Kier molecular flexibility index (Phi) is 4.62. The molecule has 16 heavy (non-hydrogen) atoms. The fraction of sp³-hybridized carbons (Fsp3) is 0.444. The fourth-order valence-electron chi connectivity index (χ4n) is 0.874. The first kappa shape index (κ1) is 12.3. The standard InChI is InChI=1S/C9H13N3O4/c1-6(14)11-9-10-3-2-8(12-9)16-5-7(15)4-13/h2-3,7,13,15H,4-5H2,1H3,(H,10,11,12,14)/t7-/m1/s1. The Labute approximate surface area is 92.1 Å². The predicted octanol–water partition coefficient (Wildman–Crippen LogP) is -0.833. The number of aliphatic hydroxyl groups excluding tert-OH is 2. The summed E-state index contributed by atoms with van der Waals surface area (Å²) in [6.45, 7) is 0.878. The van der Waals surface area contributed by atoms with Crippen LogP contribution in [-0.4, -0.2) is 45.4 Å². The first-order valence-electron chi connectivity index (χ1n) is 4.64. The number of anilines is 1. The van der Waals surface area contributed by atoms with Gasteiger partial charge in [0.25, 0.3) is 0 Å². The van der Waals surface area contributed by atoms with E-state index in [1.165, 1.54) is 19.2 Å². The molecule has 0 spiro atoms. The van der Waals surface area contributed by atoms with Gasteiger partial charge in [0.2, 0.25) is 17.7 Å². The van der Waals surface area contributed by atoms with Crippen LogP contribution in [0.5, 0.6) is 5.88 Å². The summed E-state index contributed by atoms with van der Waals surface area (Å²) in [7, 11) is 0. The maximum Gasteiger partial charge on any atom is 0.232 e. The van der Waals surface area contributed by atoms with Crippen molar-refractivity contribution in [2.24, 2.45) is 0 Å². The SMILES string of the molecule is CC(=O)Nc1nccc(OC[C@H](O)CO)n1. The minimum absolute atomic E-state index is 0.0764. The lowest BCUT2D eigenvalue weighted by Crippen LogP contribution is -2.21. The van der Waals surface area contributed by atoms with Crippen molar-refractivity contribution in [1.82, 2.24) is 9.97 Å². The Bertz CT molecular complexity index is 358. The third-order valence-electron chi connectivity index (χ3n) is 1.55. The van der Waals surface area contributed by atoms with E-state index in [2.05, 4.69) is 15.3 Å². The molecule has 1 atom stereocenters. The molecule has 0 aliphatic heterocycles. The van der Waals surface area contributed by atoms with Gasteiger partial charge in [-0.2, -0.15) is 4.98 Å². The number of carbonyl (C=O) groups excluding carboxylic acids is 1. The number of aromatic nitrogens is 2. The molecule has 1 rings (SSSR count). The van der Waals surface area contributed by atoms with Gasteiger partial charge in [0.1, 0.15) is 12.7 Å². The number of hydrogen-bond donors (Lipinski definition) is 3. The summed E-state index contributed by atoms with van der Waals surface area (Å²) in [6.07, 6.45) is 0.457. The summed E-state index contributed by atoms with van der Waals surface area (Å²) in [4.78, 5) is 18.4. The van der Waals surface area contributed by atoms with Crippen molar-refractivity contribution in [1.29, 1.82) is 0 Å². The molecule has 7 heteroatoms. The largest absolute Gasteiger partial charge is 0.475 e. The highest BCUT2D eigenvalue weighted by atomic mass is 16.5. The molecule has 7 nitrogen and oxygen atoms in total. The van der Waals surface area contributed by atoms with Crippen LogP contribution in [0.3, 0.4) is 0 Å². The number of rotatable bonds is 5. The van der Waals surface area contributed by atoms with Crippen molar-refractivity contribution in [2.45, 2.75) is 13.0 Å². The zero-order valence-corrected chi connectivity index (χ0v) is 8.75. The molecule has 1 aromatic rings. The Hall–Kier alpha value is -1.73. The zero-order valence-electron chi connectivity index (χ0n) is 8.75. The second-order valence-electron chi connectivity index (χ2n) is 3.05. The molecule has 3 N–H and O–H groups in total. The molecule has 1 aromatic heterocycles. The number of nitrogens with one attached hydrogen (secondary N) is 1. The van der Waals surface area contributed by atoms with Crippen molar-refractivity contribution >= 4 is 11.9 Å². The number of aliphatic hydroxyl groups is 2. The lowest BCUT2D eigenvalue weighted by molar-refractivity contribution is -0.114. The summed E-state index contributed by atoms with van der Waals surface area (Å²) in [5, 5.41) is 20.0. The van der Waals surface area contributed by atoms with Gasteiger partial charge in [-0.3, -0.25) is 10.1 Å². The Morgan fingerprint density at radius 1 is 1.69 bits per heavy atom. The fourth-order valence-corrected chi connectivity index (χ4v) is 0.874. The molecule has 0 saturated carbocycles. The second kappa shape index (κ2) is 5.99. The van der Waals surface area contributed by atoms with Crippen LogP contribution in [-0.2, 0) is 4.79 Å². The van der Waals surface area contributed by atoms with Gasteiger partial charge in [-0.15, -0.1) is 0 Å². The zero-order chi connectivity index (χ0) is 12.0. The normalized spacial score (nSPS) is 11.9. The number of amides is 1. The third-order valence-corrected chi connectivity index (χ3v) is 1.55. The van der Waals surface area contributed by atoms with E-state index in [0.717, 1.165) is 0 Å². The van der Waals surface area contributed by atoms with Crippen LogP contribution < -0.4 is 10.1 Å². The topological polar surface area (TPSA) is 105 Å². The first-order chi connectivity index (χ1) is 7.61. The summed E-state index contributed by atoms with van der Waals surface area (Å²) < 4.78 is 5.07. The first-order valence-corrected chi connectivity index (χ1v) is 4.64. The van der Waals surface area contributed by atoms with Crippen LogP contribution in [0.1, 0.15) is 6.92 Å². The molecular weight excluding hydrogens is 214 g/mol. The van der Waals surface area contributed by atoms with E-state index >= 15 is 0 Å². The average molecular weight is 227 g/mol. The van der Waals surface area contributed by atoms with Crippen molar-refractivity contribution in [3.63, 3.8) is 0 Å². The molecule has 0 fully saturated rings. The van der Waals surface area contributed by atoms with Crippen molar-refractivity contribution in [2.75, 3.05) is 18.5 Å². The maximum absolute atomic E-state index is 10.7. The van der Waals surface area contributed by atoms with Crippen LogP contribution in [0.25, 0.3) is 0 Å². The summed E-state index contributed by atoms with van der Waals surface area (Å²) in [6, 6.07) is 1.48. The number of ether oxygens (including phenoxy) is 1. The van der Waals surface area contributed by atoms with E-state index in [4.69, 9.17) is 14.9 Å². The summed E-state index contributed by atoms with van der Waals surface area (Å²) in [5.41, 5.74) is 0. The van der Waals surface area contributed by atoms with Gasteiger partial charge in [0.15, 0.2) is 0 Å². The highest BCUT2D eigenvalue weighted by Gasteiger charge is 2.05. The van der Waals surface area contributed by atoms with E-state index in [1.54, 1.807) is 0 Å². The van der Waals surface area contributed by atoms with Crippen LogP contribution in [0, 0.1) is 0 Å². The van der Waals surface area contributed by atoms with Crippen LogP contribution >= 0.6 is 0 Å². The Balaban J connectivity index is 2.56. The molecule has 0 bridgehead atoms. The lowest BCUT2D eigenvalue weighted by Gasteiger charge is -2.09. The van der Waals surface area contributed by atoms with E-state index in [1.807, 2.05) is 0 Å². The van der Waals surface area contributed by atoms with Gasteiger partial charge in [0, 0.05) is 19.2 Å². The van der Waals surface area contributed by atoms with Gasteiger partial charge in [-0.05, 0) is 0 Å². The molecular formula is C9H13N3O4. The molecule has 0 aromatic carbocycles. The van der Waals surface area contributed by atoms with Gasteiger partial charge in [-0.25, -0.2) is 4.98 Å². The summed E-state index contributed by atoms with van der Waals surface area (Å²) >= 11 is 0. The minimum atomic E-state index is -0.959. The molecule has 0 saturated heterocycles. The Morgan fingerprint density at radius 3 is 3.06 bits per heavy atom. The van der Waals surface area contributed by atoms with E-state index in [9.17, 15) is 4.79 Å². The van der Waals surface area contributed by atoms with Crippen LogP contribution in [0.15, 0.2) is 12.3 Å². The maximum atomic E-state index is 10.7. The van der Waals surface area contributed by atoms with Gasteiger partial charge in [-0.1, -0.05) is 0 Å². The summed E-state index contributed by atoms with van der Waals surface area (Å²) in [5.74, 6) is 0.0577. The molecule has 88 valence electrons. The highest BCUT2D eigenvalue weighted by Crippen LogP contribution is 2.08. The van der Waals surface area contributed by atoms with Gasteiger partial charge in [0.05, 0.1) is 6.61 Å². The molecule has 0 aliphatic rings. The number of hydrogen-bond acceptors (Lipinski definition) is 6. The number of nitrogens with zero attached hydrogens (tertiary/aromatic N) is 2. The lowest BCUT2D eigenvalue weighted by atomic mass is 10.4. The minimum Gasteiger partial charge on any atom is -0.475 e. The van der Waals surface area contributed by atoms with Crippen molar-refractivity contribution in [3.8, 4) is 5.88 Å². The third kappa shape index (κ3) is 4.20. The monoisotopic (exact) mass is 227 g/mol. The molecule has 1 amide bonds. The van der Waals surface area contributed by atoms with Crippen LogP contribution in [0.2, 0.25) is 0 Å². The van der Waals surface area contributed by atoms with E-state index in [-0.39, 0.29) is 30.9 Å². The highest BCUT2D eigenvalue weighted by molar-refractivity contribution is 5.86. The van der Waals surface area contributed by atoms with Crippen LogP contribution in [0.4, 0.5) is 5.95 Å². The molecule has 0 unspecified atom stereocenters. The van der Waals surface area contributed by atoms with E-state index in [0.29, 0.717) is 0 Å². The molecule has 0 aliphatic carbocycles. The smallest absolute Gasteiger partial charge is 0.232 e.